The van der Waals surface area contributed by atoms with Crippen molar-refractivity contribution in [3.63, 3.8) is 0 Å². The number of aliphatic hydroxyl groups is 1. The van der Waals surface area contributed by atoms with E-state index in [0.29, 0.717) is 13.2 Å². The molecule has 0 saturated carbocycles. The minimum absolute atomic E-state index is 0.0305. The van der Waals surface area contributed by atoms with Gasteiger partial charge in [-0.05, 0) is 0 Å². The van der Waals surface area contributed by atoms with Crippen LogP contribution >= 0.6 is 0 Å². The Hall–Kier alpha value is -0.910. The van der Waals surface area contributed by atoms with E-state index >= 15 is 0 Å². The van der Waals surface area contributed by atoms with Crippen LogP contribution in [0.4, 0.5) is 0 Å². The van der Waals surface area contributed by atoms with Gasteiger partial charge in [0.15, 0.2) is 0 Å². The first kappa shape index (κ1) is 16.1. The summed E-state index contributed by atoms with van der Waals surface area (Å²) in [5.41, 5.74) is 2.37. The summed E-state index contributed by atoms with van der Waals surface area (Å²) in [6.07, 6.45) is 2.07. The third-order valence-corrected chi connectivity index (χ3v) is 3.04. The molecule has 0 unspecified atom stereocenters. The molecule has 0 aliphatic rings. The van der Waals surface area contributed by atoms with Gasteiger partial charge in [0.2, 0.25) is 0 Å². The highest BCUT2D eigenvalue weighted by atomic mass is 16.5. The van der Waals surface area contributed by atoms with Crippen molar-refractivity contribution in [2.75, 3.05) is 33.4 Å². The van der Waals surface area contributed by atoms with E-state index in [1.807, 2.05) is 11.7 Å². The highest BCUT2D eigenvalue weighted by Gasteiger charge is 2.22. The van der Waals surface area contributed by atoms with Crippen molar-refractivity contribution >= 4 is 0 Å². The average molecular weight is 269 g/mol. The first-order valence-corrected chi connectivity index (χ1v) is 6.73. The first-order chi connectivity index (χ1) is 8.88. The molecule has 0 aliphatic carbocycles. The van der Waals surface area contributed by atoms with E-state index in [1.54, 1.807) is 7.11 Å². The van der Waals surface area contributed by atoms with Crippen LogP contribution in [-0.2, 0) is 23.7 Å². The summed E-state index contributed by atoms with van der Waals surface area (Å²) in [6, 6.07) is 0. The fourth-order valence-electron chi connectivity index (χ4n) is 2.16. The van der Waals surface area contributed by atoms with Crippen LogP contribution in [0, 0.1) is 0 Å². The van der Waals surface area contributed by atoms with Gasteiger partial charge in [0.25, 0.3) is 0 Å². The summed E-state index contributed by atoms with van der Waals surface area (Å²) in [4.78, 5) is 2.19. The molecule has 1 aromatic rings. The normalized spacial score (nSPS) is 12.4. The zero-order chi connectivity index (χ0) is 14.5. The molecular formula is C14H27N3O2. The van der Waals surface area contributed by atoms with Gasteiger partial charge in [-0.25, -0.2) is 0 Å². The predicted molar refractivity (Wildman–Crippen MR) is 76.1 cm³/mol. The number of hydrogen-bond acceptors (Lipinski definition) is 4. The van der Waals surface area contributed by atoms with Gasteiger partial charge in [0.05, 0.1) is 18.9 Å². The van der Waals surface area contributed by atoms with Gasteiger partial charge in [-0.1, -0.05) is 20.8 Å². The van der Waals surface area contributed by atoms with Gasteiger partial charge in [-0.15, -0.1) is 0 Å². The SMILES string of the molecule is COCCN(CCO)Cc1cn(C)nc1C(C)(C)C. The Morgan fingerprint density at radius 3 is 2.58 bits per heavy atom. The summed E-state index contributed by atoms with van der Waals surface area (Å²) >= 11 is 0. The lowest BCUT2D eigenvalue weighted by molar-refractivity contribution is 0.126. The summed E-state index contributed by atoms with van der Waals surface area (Å²) in [5, 5.41) is 13.7. The number of nitrogens with zero attached hydrogens (tertiary/aromatic N) is 3. The summed E-state index contributed by atoms with van der Waals surface area (Å²) in [7, 11) is 3.64. The molecule has 0 fully saturated rings. The molecule has 0 aliphatic heterocycles. The van der Waals surface area contributed by atoms with Gasteiger partial charge in [-0.2, -0.15) is 5.10 Å². The standard InChI is InChI=1S/C14H27N3O2/c1-14(2,3)13-12(10-16(4)15-13)11-17(6-8-18)7-9-19-5/h10,18H,6-9,11H2,1-5H3. The van der Waals surface area contributed by atoms with E-state index in [-0.39, 0.29) is 12.0 Å². The lowest BCUT2D eigenvalue weighted by Gasteiger charge is -2.23. The second-order valence-corrected chi connectivity index (χ2v) is 5.92. The predicted octanol–water partition coefficient (Wildman–Crippen LogP) is 1.16. The monoisotopic (exact) mass is 269 g/mol. The van der Waals surface area contributed by atoms with Gasteiger partial charge in [0.1, 0.15) is 0 Å². The van der Waals surface area contributed by atoms with E-state index in [1.165, 1.54) is 5.56 Å². The van der Waals surface area contributed by atoms with E-state index in [4.69, 9.17) is 9.84 Å². The van der Waals surface area contributed by atoms with Crippen molar-refractivity contribution in [2.45, 2.75) is 32.7 Å². The number of aliphatic hydroxyl groups excluding tert-OH is 1. The molecule has 5 heteroatoms. The molecule has 1 heterocycles. The lowest BCUT2D eigenvalue weighted by atomic mass is 9.89. The Morgan fingerprint density at radius 2 is 2.05 bits per heavy atom. The Kier molecular flexibility index (Phi) is 5.97. The van der Waals surface area contributed by atoms with Crippen molar-refractivity contribution in [3.05, 3.63) is 17.5 Å². The zero-order valence-corrected chi connectivity index (χ0v) is 12.8. The average Bonchev–Trinajstić information content (AvgIpc) is 2.67. The number of methoxy groups -OCH3 is 1. The minimum atomic E-state index is 0.0305. The molecule has 0 radical (unpaired) electrons. The molecule has 1 N–H and O–H groups in total. The third kappa shape index (κ3) is 4.93. The smallest absolute Gasteiger partial charge is 0.0722 e. The van der Waals surface area contributed by atoms with E-state index in [9.17, 15) is 0 Å². The van der Waals surface area contributed by atoms with Crippen LogP contribution in [0.15, 0.2) is 6.20 Å². The molecule has 1 aromatic heterocycles. The van der Waals surface area contributed by atoms with Crippen LogP contribution in [0.2, 0.25) is 0 Å². The number of aromatic nitrogens is 2. The van der Waals surface area contributed by atoms with Gasteiger partial charge in [0, 0.05) is 51.0 Å². The van der Waals surface area contributed by atoms with Crippen LogP contribution in [0.3, 0.4) is 0 Å². The Bertz CT molecular complexity index is 383. The highest BCUT2D eigenvalue weighted by Crippen LogP contribution is 2.25. The van der Waals surface area contributed by atoms with Crippen molar-refractivity contribution in [1.82, 2.24) is 14.7 Å². The van der Waals surface area contributed by atoms with Crippen LogP contribution in [0.5, 0.6) is 0 Å². The fraction of sp³-hybridized carbons (Fsp3) is 0.786. The van der Waals surface area contributed by atoms with Crippen molar-refractivity contribution in [1.29, 1.82) is 0 Å². The topological polar surface area (TPSA) is 50.5 Å². The number of ether oxygens (including phenoxy) is 1. The van der Waals surface area contributed by atoms with Crippen molar-refractivity contribution in [2.24, 2.45) is 7.05 Å². The van der Waals surface area contributed by atoms with Crippen LogP contribution in [0.1, 0.15) is 32.0 Å². The van der Waals surface area contributed by atoms with Gasteiger partial charge >= 0.3 is 0 Å². The van der Waals surface area contributed by atoms with Crippen LogP contribution in [-0.4, -0.2) is 53.2 Å². The maximum Gasteiger partial charge on any atom is 0.0722 e. The molecule has 19 heavy (non-hydrogen) atoms. The maximum absolute atomic E-state index is 9.15. The third-order valence-electron chi connectivity index (χ3n) is 3.04. The molecule has 0 atom stereocenters. The molecule has 5 nitrogen and oxygen atoms in total. The van der Waals surface area contributed by atoms with Crippen LogP contribution < -0.4 is 0 Å². The summed E-state index contributed by atoms with van der Waals surface area (Å²) in [6.45, 7) is 9.61. The number of aryl methyl sites for hydroxylation is 1. The largest absolute Gasteiger partial charge is 0.395 e. The zero-order valence-electron chi connectivity index (χ0n) is 12.8. The van der Waals surface area contributed by atoms with E-state index in [0.717, 1.165) is 18.8 Å². The number of hydrogen-bond donors (Lipinski definition) is 1. The molecule has 1 rings (SSSR count). The molecule has 0 bridgehead atoms. The fourth-order valence-corrected chi connectivity index (χ4v) is 2.16. The van der Waals surface area contributed by atoms with Crippen LogP contribution in [0.25, 0.3) is 0 Å². The molecule has 0 saturated heterocycles. The van der Waals surface area contributed by atoms with Crippen molar-refractivity contribution < 1.29 is 9.84 Å². The summed E-state index contributed by atoms with van der Waals surface area (Å²) < 4.78 is 6.98. The van der Waals surface area contributed by atoms with E-state index < -0.39 is 0 Å². The Labute approximate surface area is 116 Å². The minimum Gasteiger partial charge on any atom is -0.395 e. The van der Waals surface area contributed by atoms with Crippen molar-refractivity contribution in [3.8, 4) is 0 Å². The highest BCUT2D eigenvalue weighted by molar-refractivity contribution is 5.24. The lowest BCUT2D eigenvalue weighted by Crippen LogP contribution is -2.30. The van der Waals surface area contributed by atoms with Gasteiger partial charge < -0.3 is 9.84 Å². The quantitative estimate of drug-likeness (QED) is 0.807. The number of rotatable bonds is 7. The molecule has 0 spiro atoms. The Morgan fingerprint density at radius 1 is 1.37 bits per heavy atom. The second-order valence-electron chi connectivity index (χ2n) is 5.92. The van der Waals surface area contributed by atoms with Gasteiger partial charge in [-0.3, -0.25) is 9.58 Å². The first-order valence-electron chi connectivity index (χ1n) is 6.73. The molecule has 110 valence electrons. The second kappa shape index (κ2) is 7.03. The molecule has 0 amide bonds. The van der Waals surface area contributed by atoms with E-state index in [2.05, 4.69) is 37.0 Å². The Balaban J connectivity index is 2.83. The molecular weight excluding hydrogens is 242 g/mol. The molecule has 0 aromatic carbocycles. The maximum atomic E-state index is 9.15. The summed E-state index contributed by atoms with van der Waals surface area (Å²) in [5.74, 6) is 0.